The Morgan fingerprint density at radius 2 is 2.12 bits per heavy atom. The first kappa shape index (κ1) is 12.6. The second-order valence-electron chi connectivity index (χ2n) is 5.97. The summed E-state index contributed by atoms with van der Waals surface area (Å²) in [6.07, 6.45) is 3.94. The highest BCUT2D eigenvalue weighted by atomic mass is 16.3. The Labute approximate surface area is 103 Å². The summed E-state index contributed by atoms with van der Waals surface area (Å²) in [5, 5.41) is 10.2. The maximum atomic E-state index is 11.8. The fraction of sp³-hybridized carbons (Fsp3) is 0.667. The first-order valence-corrected chi connectivity index (χ1v) is 6.49. The van der Waals surface area contributed by atoms with Crippen LogP contribution in [0.2, 0.25) is 0 Å². The number of aliphatic hydroxyl groups excluding tert-OH is 1. The minimum absolute atomic E-state index is 0.103. The lowest BCUT2D eigenvalue weighted by Gasteiger charge is -2.43. The second kappa shape index (κ2) is 4.09. The van der Waals surface area contributed by atoms with Crippen LogP contribution in [0, 0.1) is 11.3 Å². The van der Waals surface area contributed by atoms with E-state index in [9.17, 15) is 9.90 Å². The number of fused-ring (bicyclic) bond motifs is 1. The summed E-state index contributed by atoms with van der Waals surface area (Å²) in [7, 11) is 0. The van der Waals surface area contributed by atoms with E-state index in [0.29, 0.717) is 5.92 Å². The molecular weight excluding hydrogens is 212 g/mol. The zero-order chi connectivity index (χ0) is 12.8. The van der Waals surface area contributed by atoms with Crippen LogP contribution in [0.25, 0.3) is 0 Å². The molecule has 0 saturated heterocycles. The maximum absolute atomic E-state index is 11.8. The zero-order valence-electron chi connectivity index (χ0n) is 11.2. The third kappa shape index (κ3) is 1.89. The molecule has 0 spiro atoms. The zero-order valence-corrected chi connectivity index (χ0v) is 11.2. The molecule has 2 aliphatic carbocycles. The summed E-state index contributed by atoms with van der Waals surface area (Å²) in [6, 6.07) is 0. The fourth-order valence-electron chi connectivity index (χ4n) is 3.00. The fourth-order valence-corrected chi connectivity index (χ4v) is 3.00. The Morgan fingerprint density at radius 1 is 1.47 bits per heavy atom. The molecule has 0 aromatic heterocycles. The van der Waals surface area contributed by atoms with E-state index >= 15 is 0 Å². The van der Waals surface area contributed by atoms with E-state index in [4.69, 9.17) is 0 Å². The number of carbonyl (C=O) groups is 1. The average Bonchev–Trinajstić information content (AvgIpc) is 2.26. The van der Waals surface area contributed by atoms with Gasteiger partial charge in [-0.05, 0) is 36.8 Å². The van der Waals surface area contributed by atoms with E-state index in [2.05, 4.69) is 26.8 Å². The Balaban J connectivity index is 2.53. The summed E-state index contributed by atoms with van der Waals surface area (Å²) >= 11 is 0. The first-order valence-electron chi connectivity index (χ1n) is 6.49. The van der Waals surface area contributed by atoms with Gasteiger partial charge in [0.1, 0.15) is 0 Å². The second-order valence-corrected chi connectivity index (χ2v) is 5.97. The van der Waals surface area contributed by atoms with E-state index in [0.717, 1.165) is 24.0 Å². The number of rotatable bonds is 1. The van der Waals surface area contributed by atoms with Gasteiger partial charge in [0.15, 0.2) is 5.78 Å². The number of aliphatic hydroxyl groups is 1. The Bertz CT molecular complexity index is 415. The van der Waals surface area contributed by atoms with Gasteiger partial charge < -0.3 is 5.11 Å². The van der Waals surface area contributed by atoms with Crippen LogP contribution in [0.4, 0.5) is 0 Å². The van der Waals surface area contributed by atoms with Crippen molar-refractivity contribution in [2.24, 2.45) is 11.3 Å². The minimum Gasteiger partial charge on any atom is -0.392 e. The SMILES string of the molecule is CC1=C2C=C(C(C)C)CC[C@@]2(C)[C@H](O)CC1=O. The van der Waals surface area contributed by atoms with Gasteiger partial charge in [0.05, 0.1) is 6.10 Å². The molecule has 94 valence electrons. The van der Waals surface area contributed by atoms with Crippen LogP contribution < -0.4 is 0 Å². The lowest BCUT2D eigenvalue weighted by Crippen LogP contribution is -2.42. The van der Waals surface area contributed by atoms with Crippen molar-refractivity contribution in [2.45, 2.75) is 53.1 Å². The summed E-state index contributed by atoms with van der Waals surface area (Å²) in [5.74, 6) is 0.625. The van der Waals surface area contributed by atoms with Crippen molar-refractivity contribution in [3.8, 4) is 0 Å². The highest BCUT2D eigenvalue weighted by Crippen LogP contribution is 2.48. The van der Waals surface area contributed by atoms with Crippen LogP contribution in [0.15, 0.2) is 22.8 Å². The molecule has 17 heavy (non-hydrogen) atoms. The van der Waals surface area contributed by atoms with Gasteiger partial charge in [0, 0.05) is 11.8 Å². The van der Waals surface area contributed by atoms with Crippen molar-refractivity contribution >= 4 is 5.78 Å². The topological polar surface area (TPSA) is 37.3 Å². The molecule has 0 bridgehead atoms. The van der Waals surface area contributed by atoms with Gasteiger partial charge >= 0.3 is 0 Å². The highest BCUT2D eigenvalue weighted by Gasteiger charge is 2.44. The van der Waals surface area contributed by atoms with Crippen LogP contribution in [-0.4, -0.2) is 17.0 Å². The van der Waals surface area contributed by atoms with Crippen molar-refractivity contribution in [3.05, 3.63) is 22.8 Å². The van der Waals surface area contributed by atoms with Crippen LogP contribution in [0.1, 0.15) is 47.0 Å². The molecule has 2 atom stereocenters. The molecule has 0 aromatic rings. The standard InChI is InChI=1S/C15H22O2/c1-9(2)11-5-6-15(4)12(7-11)10(3)13(16)8-14(15)17/h7,9,14,17H,5-6,8H2,1-4H3/t14-,15-/m1/s1. The predicted molar refractivity (Wildman–Crippen MR) is 68.6 cm³/mol. The number of carbonyl (C=O) groups excluding carboxylic acids is 1. The van der Waals surface area contributed by atoms with Crippen molar-refractivity contribution in [3.63, 3.8) is 0 Å². The molecule has 0 saturated carbocycles. The molecular formula is C15H22O2. The molecule has 0 aliphatic heterocycles. The molecule has 0 fully saturated rings. The third-order valence-electron chi connectivity index (χ3n) is 4.56. The molecule has 0 unspecified atom stereocenters. The molecule has 2 heteroatoms. The van der Waals surface area contributed by atoms with Crippen molar-refractivity contribution < 1.29 is 9.90 Å². The van der Waals surface area contributed by atoms with Crippen LogP contribution in [-0.2, 0) is 4.79 Å². The number of allylic oxidation sites excluding steroid dienone is 3. The Morgan fingerprint density at radius 3 is 2.71 bits per heavy atom. The predicted octanol–water partition coefficient (Wildman–Crippen LogP) is 3.02. The molecule has 2 nitrogen and oxygen atoms in total. The monoisotopic (exact) mass is 234 g/mol. The molecule has 2 aliphatic rings. The van der Waals surface area contributed by atoms with E-state index in [1.807, 2.05) is 6.92 Å². The van der Waals surface area contributed by atoms with E-state index < -0.39 is 6.10 Å². The Kier molecular flexibility index (Phi) is 3.03. The van der Waals surface area contributed by atoms with Gasteiger partial charge in [-0.1, -0.05) is 32.4 Å². The van der Waals surface area contributed by atoms with Crippen LogP contribution >= 0.6 is 0 Å². The van der Waals surface area contributed by atoms with E-state index in [1.54, 1.807) is 0 Å². The Hall–Kier alpha value is -0.890. The quantitative estimate of drug-likeness (QED) is 0.757. The summed E-state index contributed by atoms with van der Waals surface area (Å²) in [5.41, 5.74) is 3.13. The minimum atomic E-state index is -0.515. The molecule has 2 rings (SSSR count). The highest BCUT2D eigenvalue weighted by molar-refractivity contribution is 5.98. The van der Waals surface area contributed by atoms with Crippen molar-refractivity contribution in [2.75, 3.05) is 0 Å². The number of hydrogen-bond donors (Lipinski definition) is 1. The van der Waals surface area contributed by atoms with Crippen molar-refractivity contribution in [1.82, 2.24) is 0 Å². The maximum Gasteiger partial charge on any atom is 0.161 e. The molecule has 0 heterocycles. The van der Waals surface area contributed by atoms with Crippen LogP contribution in [0.5, 0.6) is 0 Å². The molecule has 0 amide bonds. The summed E-state index contributed by atoms with van der Waals surface area (Å²) in [4.78, 5) is 11.8. The first-order chi connectivity index (χ1) is 7.86. The largest absolute Gasteiger partial charge is 0.392 e. The normalized spacial score (nSPS) is 33.9. The van der Waals surface area contributed by atoms with E-state index in [-0.39, 0.29) is 17.6 Å². The van der Waals surface area contributed by atoms with Gasteiger partial charge in [-0.15, -0.1) is 0 Å². The number of Topliss-reactive ketones (excluding diaryl/α,β-unsaturated/α-hetero) is 1. The molecule has 0 radical (unpaired) electrons. The number of ketones is 1. The average molecular weight is 234 g/mol. The smallest absolute Gasteiger partial charge is 0.161 e. The lowest BCUT2D eigenvalue weighted by molar-refractivity contribution is -0.120. The van der Waals surface area contributed by atoms with Gasteiger partial charge in [-0.25, -0.2) is 0 Å². The van der Waals surface area contributed by atoms with Gasteiger partial charge in [-0.2, -0.15) is 0 Å². The van der Waals surface area contributed by atoms with Crippen LogP contribution in [0.3, 0.4) is 0 Å². The van der Waals surface area contributed by atoms with Crippen molar-refractivity contribution in [1.29, 1.82) is 0 Å². The van der Waals surface area contributed by atoms with E-state index in [1.165, 1.54) is 5.57 Å². The lowest BCUT2D eigenvalue weighted by atomic mass is 9.62. The third-order valence-corrected chi connectivity index (χ3v) is 4.56. The molecule has 0 aromatic carbocycles. The van der Waals surface area contributed by atoms with Gasteiger partial charge in [0.2, 0.25) is 0 Å². The molecule has 1 N–H and O–H groups in total. The van der Waals surface area contributed by atoms with Gasteiger partial charge in [0.25, 0.3) is 0 Å². The summed E-state index contributed by atoms with van der Waals surface area (Å²) < 4.78 is 0. The summed E-state index contributed by atoms with van der Waals surface area (Å²) in [6.45, 7) is 8.37. The van der Waals surface area contributed by atoms with Gasteiger partial charge in [-0.3, -0.25) is 4.79 Å². The number of hydrogen-bond acceptors (Lipinski definition) is 2.